The molecule has 0 saturated carbocycles. The summed E-state index contributed by atoms with van der Waals surface area (Å²) in [5.74, 6) is -1.66. The van der Waals surface area contributed by atoms with Crippen LogP contribution in [0.3, 0.4) is 0 Å². The zero-order chi connectivity index (χ0) is 22.2. The van der Waals surface area contributed by atoms with Gasteiger partial charge in [0.05, 0.1) is 0 Å². The van der Waals surface area contributed by atoms with Gasteiger partial charge in [0.25, 0.3) is 0 Å². The summed E-state index contributed by atoms with van der Waals surface area (Å²) in [5.41, 5.74) is -5.75. The van der Waals surface area contributed by atoms with Crippen LogP contribution < -0.4 is 0 Å². The van der Waals surface area contributed by atoms with Crippen molar-refractivity contribution in [2.24, 2.45) is 0 Å². The van der Waals surface area contributed by atoms with Crippen LogP contribution in [0.15, 0.2) is 87.5 Å². The molecule has 0 saturated heterocycles. The van der Waals surface area contributed by atoms with Crippen LogP contribution in [0.1, 0.15) is 0 Å². The first-order valence-electron chi connectivity index (χ1n) is 8.12. The van der Waals surface area contributed by atoms with Crippen molar-refractivity contribution in [1.29, 1.82) is 0 Å². The summed E-state index contributed by atoms with van der Waals surface area (Å²) < 4.78 is 95.7. The van der Waals surface area contributed by atoms with Gasteiger partial charge in [-0.05, 0) is 83.1 Å². The van der Waals surface area contributed by atoms with E-state index in [-0.39, 0.29) is 20.4 Å². The van der Waals surface area contributed by atoms with E-state index in [0.29, 0.717) is 0 Å². The van der Waals surface area contributed by atoms with E-state index in [2.05, 4.69) is 0 Å². The van der Waals surface area contributed by atoms with Crippen molar-refractivity contribution in [2.45, 2.75) is 20.2 Å². The van der Waals surface area contributed by atoms with E-state index < -0.39 is 37.6 Å². The number of phenols is 1. The van der Waals surface area contributed by atoms with Gasteiger partial charge in [-0.1, -0.05) is 0 Å². The Balaban J connectivity index is 2.40. The van der Waals surface area contributed by atoms with Gasteiger partial charge in [0.1, 0.15) is 17.4 Å². The lowest BCUT2D eigenvalue weighted by atomic mass is 10.3. The molecule has 0 aliphatic carbocycles. The molecule has 0 spiro atoms. The van der Waals surface area contributed by atoms with Gasteiger partial charge in [0.15, 0.2) is 0 Å². The Bertz CT molecular complexity index is 1020. The largest absolute Gasteiger partial charge is 0.524 e. The number of halogens is 5. The standard InChI is InChI=1S/C19H13F5O4S2/c20-13-1-7-16(8-2-13)29(17-9-3-14(21)4-10-17,18-11-5-15(25)6-12-18)28-30(26,27)19(22,23)24/h1-12,25H. The first kappa shape index (κ1) is 22.1. The summed E-state index contributed by atoms with van der Waals surface area (Å²) in [6.45, 7) is 0. The smallest absolute Gasteiger partial charge is 0.508 e. The molecule has 30 heavy (non-hydrogen) atoms. The Hall–Kier alpha value is -2.63. The summed E-state index contributed by atoms with van der Waals surface area (Å²) in [4.78, 5) is -0.227. The number of rotatable bonds is 5. The Morgan fingerprint density at radius 1 is 0.667 bits per heavy atom. The van der Waals surface area contributed by atoms with Gasteiger partial charge in [-0.25, -0.2) is 8.78 Å². The highest BCUT2D eigenvalue weighted by Crippen LogP contribution is 2.70. The molecule has 4 nitrogen and oxygen atoms in total. The summed E-state index contributed by atoms with van der Waals surface area (Å²) in [7, 11) is -9.82. The number of alkyl halides is 3. The van der Waals surface area contributed by atoms with Crippen molar-refractivity contribution in [3.05, 3.63) is 84.4 Å². The molecule has 0 amide bonds. The molecular weight excluding hydrogens is 451 g/mol. The molecule has 1 N–H and O–H groups in total. The molecule has 0 bridgehead atoms. The van der Waals surface area contributed by atoms with Crippen LogP contribution in [-0.2, 0) is 13.7 Å². The van der Waals surface area contributed by atoms with Crippen molar-refractivity contribution in [2.75, 3.05) is 0 Å². The Labute approximate surface area is 170 Å². The van der Waals surface area contributed by atoms with Crippen LogP contribution in [0.5, 0.6) is 5.75 Å². The van der Waals surface area contributed by atoms with Crippen molar-refractivity contribution >= 4 is 20.4 Å². The van der Waals surface area contributed by atoms with Gasteiger partial charge >= 0.3 is 15.6 Å². The molecule has 3 aromatic carbocycles. The maximum Gasteiger partial charge on any atom is 0.524 e. The Morgan fingerprint density at radius 2 is 1.00 bits per heavy atom. The van der Waals surface area contributed by atoms with E-state index in [1.807, 2.05) is 0 Å². The number of hydrogen-bond acceptors (Lipinski definition) is 4. The minimum absolute atomic E-state index is 0.0497. The van der Waals surface area contributed by atoms with Crippen molar-refractivity contribution < 1.29 is 39.1 Å². The molecule has 3 aromatic rings. The summed E-state index contributed by atoms with van der Waals surface area (Å²) in [6.07, 6.45) is 0. The molecule has 160 valence electrons. The Morgan fingerprint density at radius 3 is 1.33 bits per heavy atom. The third-order valence-electron chi connectivity index (χ3n) is 3.93. The first-order valence-corrected chi connectivity index (χ1v) is 11.1. The van der Waals surface area contributed by atoms with E-state index in [4.69, 9.17) is 3.63 Å². The second-order valence-corrected chi connectivity index (χ2v) is 10.4. The highest BCUT2D eigenvalue weighted by molar-refractivity contribution is 8.33. The van der Waals surface area contributed by atoms with Gasteiger partial charge in [-0.3, -0.25) is 0 Å². The minimum atomic E-state index is -6.14. The zero-order valence-corrected chi connectivity index (χ0v) is 16.4. The molecular formula is C19H13F5O4S2. The lowest BCUT2D eigenvalue weighted by Gasteiger charge is -2.39. The van der Waals surface area contributed by atoms with E-state index in [1.165, 1.54) is 12.1 Å². The van der Waals surface area contributed by atoms with Crippen LogP contribution in [-0.4, -0.2) is 19.0 Å². The van der Waals surface area contributed by atoms with Crippen molar-refractivity contribution in [1.82, 2.24) is 0 Å². The predicted octanol–water partition coefficient (Wildman–Crippen LogP) is 5.73. The molecule has 0 aromatic heterocycles. The maximum atomic E-state index is 13.5. The second-order valence-electron chi connectivity index (χ2n) is 5.93. The first-order chi connectivity index (χ1) is 14.0. The van der Waals surface area contributed by atoms with Crippen LogP contribution >= 0.6 is 10.3 Å². The van der Waals surface area contributed by atoms with Gasteiger partial charge < -0.3 is 5.11 Å². The quantitative estimate of drug-likeness (QED) is 0.387. The van der Waals surface area contributed by atoms with Crippen LogP contribution in [0.4, 0.5) is 22.0 Å². The van der Waals surface area contributed by atoms with E-state index in [9.17, 15) is 35.5 Å². The topological polar surface area (TPSA) is 63.6 Å². The van der Waals surface area contributed by atoms with E-state index >= 15 is 0 Å². The average Bonchev–Trinajstić information content (AvgIpc) is 2.67. The van der Waals surface area contributed by atoms with Gasteiger partial charge in [-0.15, -0.1) is 0 Å². The normalized spacial score (nSPS) is 13.2. The molecule has 0 atom stereocenters. The SMILES string of the molecule is O=S(=O)(OS(c1ccc(O)cc1)(c1ccc(F)cc1)c1ccc(F)cc1)C(F)(F)F. The molecule has 0 aliphatic heterocycles. The van der Waals surface area contributed by atoms with Gasteiger partial charge in [0.2, 0.25) is 0 Å². The summed E-state index contributed by atoms with van der Waals surface area (Å²) >= 11 is 0. The van der Waals surface area contributed by atoms with Gasteiger partial charge in [-0.2, -0.15) is 25.2 Å². The zero-order valence-electron chi connectivity index (χ0n) is 14.8. The number of aromatic hydroxyl groups is 1. The van der Waals surface area contributed by atoms with E-state index in [0.717, 1.165) is 60.7 Å². The summed E-state index contributed by atoms with van der Waals surface area (Å²) in [6, 6.07) is 12.7. The molecule has 0 unspecified atom stereocenters. The van der Waals surface area contributed by atoms with Crippen LogP contribution in [0.2, 0.25) is 0 Å². The number of phenolic OH excluding ortho intramolecular Hbond substituents is 1. The minimum Gasteiger partial charge on any atom is -0.508 e. The van der Waals surface area contributed by atoms with E-state index in [1.54, 1.807) is 0 Å². The molecule has 11 heteroatoms. The second kappa shape index (κ2) is 7.89. The van der Waals surface area contributed by atoms with Gasteiger partial charge in [0, 0.05) is 14.7 Å². The van der Waals surface area contributed by atoms with Crippen LogP contribution in [0.25, 0.3) is 0 Å². The third kappa shape index (κ3) is 4.13. The van der Waals surface area contributed by atoms with Crippen LogP contribution in [0, 0.1) is 11.6 Å². The number of benzene rings is 3. The van der Waals surface area contributed by atoms with Crippen molar-refractivity contribution in [3.63, 3.8) is 0 Å². The van der Waals surface area contributed by atoms with Crippen molar-refractivity contribution in [3.8, 4) is 5.75 Å². The lowest BCUT2D eigenvalue weighted by molar-refractivity contribution is -0.0496. The molecule has 0 fully saturated rings. The fraction of sp³-hybridized carbons (Fsp3) is 0.0526. The molecule has 0 heterocycles. The Kier molecular flexibility index (Phi) is 5.81. The molecule has 3 rings (SSSR count). The predicted molar refractivity (Wildman–Crippen MR) is 99.4 cm³/mol. The fourth-order valence-electron chi connectivity index (χ4n) is 2.59. The number of hydrogen-bond donors (Lipinski definition) is 1. The fourth-order valence-corrected chi connectivity index (χ4v) is 7.29. The summed E-state index contributed by atoms with van der Waals surface area (Å²) in [5, 5.41) is 9.57. The third-order valence-corrected chi connectivity index (χ3v) is 8.84. The highest BCUT2D eigenvalue weighted by atomic mass is 32.3. The average molecular weight is 464 g/mol. The highest BCUT2D eigenvalue weighted by Gasteiger charge is 2.52. The lowest BCUT2D eigenvalue weighted by Crippen LogP contribution is -2.27. The maximum absolute atomic E-state index is 13.5. The molecule has 0 radical (unpaired) electrons. The monoisotopic (exact) mass is 464 g/mol. The molecule has 0 aliphatic rings.